The Morgan fingerprint density at radius 1 is 1.07 bits per heavy atom. The summed E-state index contributed by atoms with van der Waals surface area (Å²) >= 11 is 0. The third kappa shape index (κ3) is 3.39. The van der Waals surface area contributed by atoms with Gasteiger partial charge in [-0.1, -0.05) is 30.3 Å². The molecular formula is C21H16F3NO2. The highest BCUT2D eigenvalue weighted by atomic mass is 19.4. The predicted molar refractivity (Wildman–Crippen MR) is 94.3 cm³/mol. The second-order valence-electron chi connectivity index (χ2n) is 6.56. The highest BCUT2D eigenvalue weighted by Crippen LogP contribution is 2.32. The van der Waals surface area contributed by atoms with E-state index in [0.29, 0.717) is 16.5 Å². The first-order valence-corrected chi connectivity index (χ1v) is 8.67. The van der Waals surface area contributed by atoms with Crippen molar-refractivity contribution in [2.45, 2.75) is 32.0 Å². The van der Waals surface area contributed by atoms with Crippen LogP contribution in [0.1, 0.15) is 39.2 Å². The molecule has 3 aromatic rings. The summed E-state index contributed by atoms with van der Waals surface area (Å²) in [6, 6.07) is 12.2. The summed E-state index contributed by atoms with van der Waals surface area (Å²) in [5.41, 5.74) is 2.55. The molecule has 2 aromatic carbocycles. The number of aromatic nitrogens is 1. The van der Waals surface area contributed by atoms with E-state index in [1.807, 2.05) is 24.3 Å². The first kappa shape index (κ1) is 17.5. The van der Waals surface area contributed by atoms with E-state index in [4.69, 9.17) is 4.74 Å². The number of carbonyl (C=O) groups excluding carboxylic acids is 1. The van der Waals surface area contributed by atoms with Crippen molar-refractivity contribution in [3.63, 3.8) is 0 Å². The standard InChI is InChI=1S/C21H16F3NO2/c22-21(23,24)14-6-3-5-13(11-14)12-27-20(26)19-15-7-1-2-9-17(15)25-18-10-4-8-16(18)19/h1-3,5-7,9,11H,4,8,10,12H2. The smallest absolute Gasteiger partial charge is 0.416 e. The molecule has 4 rings (SSSR count). The number of rotatable bonds is 3. The van der Waals surface area contributed by atoms with E-state index < -0.39 is 17.7 Å². The van der Waals surface area contributed by atoms with E-state index in [-0.39, 0.29) is 6.61 Å². The number of fused-ring (bicyclic) bond motifs is 2. The lowest BCUT2D eigenvalue weighted by Gasteiger charge is -2.13. The molecule has 27 heavy (non-hydrogen) atoms. The first-order valence-electron chi connectivity index (χ1n) is 8.67. The molecular weight excluding hydrogens is 355 g/mol. The quantitative estimate of drug-likeness (QED) is 0.602. The molecule has 138 valence electrons. The van der Waals surface area contributed by atoms with Crippen LogP contribution in [0.2, 0.25) is 0 Å². The summed E-state index contributed by atoms with van der Waals surface area (Å²) < 4.78 is 43.9. The van der Waals surface area contributed by atoms with E-state index in [0.717, 1.165) is 48.2 Å². The molecule has 0 bridgehead atoms. The number of benzene rings is 2. The van der Waals surface area contributed by atoms with E-state index in [9.17, 15) is 18.0 Å². The van der Waals surface area contributed by atoms with Crippen LogP contribution in [0.5, 0.6) is 0 Å². The van der Waals surface area contributed by atoms with Crippen LogP contribution in [0.15, 0.2) is 48.5 Å². The maximum Gasteiger partial charge on any atom is 0.416 e. The Bertz CT molecular complexity index is 1030. The second-order valence-corrected chi connectivity index (χ2v) is 6.56. The van der Waals surface area contributed by atoms with Crippen molar-refractivity contribution >= 4 is 16.9 Å². The Balaban J connectivity index is 1.63. The Morgan fingerprint density at radius 2 is 1.89 bits per heavy atom. The van der Waals surface area contributed by atoms with Crippen molar-refractivity contribution in [1.82, 2.24) is 4.98 Å². The molecule has 0 N–H and O–H groups in total. The van der Waals surface area contributed by atoms with Gasteiger partial charge in [-0.3, -0.25) is 4.98 Å². The third-order valence-corrected chi connectivity index (χ3v) is 4.75. The molecule has 0 saturated carbocycles. The van der Waals surface area contributed by atoms with Gasteiger partial charge in [-0.15, -0.1) is 0 Å². The maximum atomic E-state index is 12.8. The summed E-state index contributed by atoms with van der Waals surface area (Å²) in [7, 11) is 0. The van der Waals surface area contributed by atoms with Crippen LogP contribution < -0.4 is 0 Å². The van der Waals surface area contributed by atoms with Gasteiger partial charge in [0.2, 0.25) is 0 Å². The van der Waals surface area contributed by atoms with E-state index >= 15 is 0 Å². The predicted octanol–water partition coefficient (Wildman–Crippen LogP) is 5.10. The van der Waals surface area contributed by atoms with Gasteiger partial charge in [0.15, 0.2) is 0 Å². The molecule has 0 atom stereocenters. The maximum absolute atomic E-state index is 12.8. The van der Waals surface area contributed by atoms with Crippen LogP contribution in [0, 0.1) is 0 Å². The number of carbonyl (C=O) groups is 1. The second kappa shape index (κ2) is 6.68. The minimum atomic E-state index is -4.43. The van der Waals surface area contributed by atoms with Crippen LogP contribution in [-0.2, 0) is 30.4 Å². The number of alkyl halides is 3. The number of esters is 1. The number of para-hydroxylation sites is 1. The van der Waals surface area contributed by atoms with Gasteiger partial charge in [-0.2, -0.15) is 13.2 Å². The molecule has 6 heteroatoms. The number of hydrogen-bond acceptors (Lipinski definition) is 3. The van der Waals surface area contributed by atoms with Crippen molar-refractivity contribution in [3.8, 4) is 0 Å². The van der Waals surface area contributed by atoms with Crippen molar-refractivity contribution in [1.29, 1.82) is 0 Å². The molecule has 0 amide bonds. The lowest BCUT2D eigenvalue weighted by molar-refractivity contribution is -0.137. The zero-order valence-corrected chi connectivity index (χ0v) is 14.3. The van der Waals surface area contributed by atoms with Gasteiger partial charge in [0.1, 0.15) is 6.61 Å². The Hall–Kier alpha value is -2.89. The summed E-state index contributed by atoms with van der Waals surface area (Å²) in [4.78, 5) is 17.4. The normalized spacial score (nSPS) is 13.6. The lowest BCUT2D eigenvalue weighted by Crippen LogP contribution is -2.11. The molecule has 0 unspecified atom stereocenters. The Labute approximate surface area is 153 Å². The van der Waals surface area contributed by atoms with Gasteiger partial charge in [-0.25, -0.2) is 4.79 Å². The fourth-order valence-corrected chi connectivity index (χ4v) is 3.50. The molecule has 1 aromatic heterocycles. The summed E-state index contributed by atoms with van der Waals surface area (Å²) in [6.45, 7) is -0.214. The third-order valence-electron chi connectivity index (χ3n) is 4.75. The van der Waals surface area contributed by atoms with Crippen molar-refractivity contribution in [2.75, 3.05) is 0 Å². The topological polar surface area (TPSA) is 39.2 Å². The number of nitrogens with zero attached hydrogens (tertiary/aromatic N) is 1. The zero-order chi connectivity index (χ0) is 19.0. The number of pyridine rings is 1. The van der Waals surface area contributed by atoms with Crippen molar-refractivity contribution in [3.05, 3.63) is 76.5 Å². The molecule has 3 nitrogen and oxygen atoms in total. The van der Waals surface area contributed by atoms with Gasteiger partial charge in [0.05, 0.1) is 16.6 Å². The molecule has 0 saturated heterocycles. The van der Waals surface area contributed by atoms with E-state index in [1.165, 1.54) is 12.1 Å². The minimum Gasteiger partial charge on any atom is -0.457 e. The van der Waals surface area contributed by atoms with Crippen molar-refractivity contribution in [2.24, 2.45) is 0 Å². The molecule has 1 aliphatic rings. The van der Waals surface area contributed by atoms with Crippen LogP contribution in [0.3, 0.4) is 0 Å². The summed E-state index contributed by atoms with van der Waals surface area (Å²) in [5.74, 6) is -0.524. The number of ether oxygens (including phenoxy) is 1. The van der Waals surface area contributed by atoms with Crippen LogP contribution in [0.25, 0.3) is 10.9 Å². The number of aryl methyl sites for hydroxylation is 1. The van der Waals surface area contributed by atoms with Crippen LogP contribution in [0.4, 0.5) is 13.2 Å². The Kier molecular flexibility index (Phi) is 4.34. The van der Waals surface area contributed by atoms with Crippen LogP contribution in [-0.4, -0.2) is 11.0 Å². The Morgan fingerprint density at radius 3 is 2.70 bits per heavy atom. The van der Waals surface area contributed by atoms with Crippen LogP contribution >= 0.6 is 0 Å². The average molecular weight is 371 g/mol. The summed E-state index contributed by atoms with van der Waals surface area (Å²) in [6.07, 6.45) is -1.94. The molecule has 0 spiro atoms. The van der Waals surface area contributed by atoms with Gasteiger partial charge in [0, 0.05) is 11.1 Å². The molecule has 0 radical (unpaired) electrons. The lowest BCUT2D eigenvalue weighted by atomic mass is 10.0. The van der Waals surface area contributed by atoms with Crippen molar-refractivity contribution < 1.29 is 22.7 Å². The molecule has 0 aliphatic heterocycles. The van der Waals surface area contributed by atoms with E-state index in [2.05, 4.69) is 4.98 Å². The first-order chi connectivity index (χ1) is 12.9. The number of hydrogen-bond donors (Lipinski definition) is 0. The van der Waals surface area contributed by atoms with E-state index in [1.54, 1.807) is 0 Å². The largest absolute Gasteiger partial charge is 0.457 e. The zero-order valence-electron chi connectivity index (χ0n) is 14.3. The minimum absolute atomic E-state index is 0.214. The van der Waals surface area contributed by atoms with Gasteiger partial charge in [-0.05, 0) is 48.6 Å². The monoisotopic (exact) mass is 371 g/mol. The average Bonchev–Trinajstić information content (AvgIpc) is 3.11. The summed E-state index contributed by atoms with van der Waals surface area (Å²) in [5, 5.41) is 0.715. The molecule has 0 fully saturated rings. The number of halogens is 3. The molecule has 1 aliphatic carbocycles. The van der Waals surface area contributed by atoms with Gasteiger partial charge in [0.25, 0.3) is 0 Å². The highest BCUT2D eigenvalue weighted by molar-refractivity contribution is 6.05. The van der Waals surface area contributed by atoms with Gasteiger partial charge >= 0.3 is 12.1 Å². The molecule has 1 heterocycles. The SMILES string of the molecule is O=C(OCc1cccc(C(F)(F)F)c1)c1c2c(nc3ccccc13)CCC2. The highest BCUT2D eigenvalue weighted by Gasteiger charge is 2.30. The fourth-order valence-electron chi connectivity index (χ4n) is 3.50. The van der Waals surface area contributed by atoms with Gasteiger partial charge < -0.3 is 4.74 Å². The fraction of sp³-hybridized carbons (Fsp3) is 0.238.